The number of fused-ring (bicyclic) bond motifs is 1. The maximum Gasteiger partial charge on any atom is 0.246 e. The molecule has 0 unspecified atom stereocenters. The molecule has 1 saturated heterocycles. The fraction of sp³-hybridized carbons (Fsp3) is 0.160. The van der Waals surface area contributed by atoms with Crippen LogP contribution in [0.3, 0.4) is 0 Å². The Morgan fingerprint density at radius 1 is 0.971 bits per heavy atom. The van der Waals surface area contributed by atoms with E-state index in [1.54, 1.807) is 29.2 Å². The van der Waals surface area contributed by atoms with E-state index in [4.69, 9.17) is 16.3 Å². The van der Waals surface area contributed by atoms with Crippen molar-refractivity contribution in [3.05, 3.63) is 71.5 Å². The summed E-state index contributed by atoms with van der Waals surface area (Å²) >= 11 is 6.61. The maximum atomic E-state index is 14.7. The topological polar surface area (TPSA) is 78.8 Å². The lowest BCUT2D eigenvalue weighted by atomic mass is 10.00. The van der Waals surface area contributed by atoms with Crippen molar-refractivity contribution < 1.29 is 19.0 Å². The number of ether oxygens (including phenoxy) is 1. The van der Waals surface area contributed by atoms with Crippen LogP contribution in [0.2, 0.25) is 5.02 Å². The molecule has 4 aromatic rings. The van der Waals surface area contributed by atoms with Gasteiger partial charge in [-0.25, -0.2) is 4.39 Å². The normalized spacial score (nSPS) is 13.8. The number of carbonyl (C=O) groups is 1. The molecule has 1 aromatic heterocycles. The van der Waals surface area contributed by atoms with E-state index in [1.807, 2.05) is 23.1 Å². The molecular formula is C25H20ClFN4O3. The number of benzene rings is 3. The molecule has 1 fully saturated rings. The molecule has 1 N–H and O–H groups in total. The molecule has 9 heteroatoms. The summed E-state index contributed by atoms with van der Waals surface area (Å²) in [6, 6.07) is 16.6. The first kappa shape index (κ1) is 21.9. The Bertz CT molecular complexity index is 1340. The van der Waals surface area contributed by atoms with Crippen LogP contribution < -0.4 is 9.64 Å². The third-order valence-corrected chi connectivity index (χ3v) is 6.11. The number of carbonyl (C=O) groups excluding carboxylic acids is 1. The summed E-state index contributed by atoms with van der Waals surface area (Å²) in [5.41, 5.74) is 0.311. The number of amides is 1. The monoisotopic (exact) mass is 478 g/mol. The van der Waals surface area contributed by atoms with Crippen molar-refractivity contribution in [3.8, 4) is 28.5 Å². The van der Waals surface area contributed by atoms with Gasteiger partial charge in [0.05, 0.1) is 10.9 Å². The summed E-state index contributed by atoms with van der Waals surface area (Å²) in [6.45, 7) is 2.28. The summed E-state index contributed by atoms with van der Waals surface area (Å²) in [4.78, 5) is 14.8. The lowest BCUT2D eigenvalue weighted by molar-refractivity contribution is -0.118. The number of halogens is 2. The molecule has 5 rings (SSSR count). The van der Waals surface area contributed by atoms with Crippen LogP contribution in [0, 0.1) is 5.82 Å². The van der Waals surface area contributed by atoms with Gasteiger partial charge in [-0.15, -0.1) is 10.2 Å². The van der Waals surface area contributed by atoms with Gasteiger partial charge in [0.15, 0.2) is 5.82 Å². The standard InChI is InChI=1S/C25H20ClFN4O3/c26-20-14-17-18(13-19(20)23-21(27)7-4-8-22(23)33)25(34-16-5-2-1-3-6-16)29-28-24(17)31-11-9-30(15-32)10-12-31/h1-8,13-15,33H,9-12H2. The number of phenolic OH excluding ortho intramolecular Hbond substituents is 1. The van der Waals surface area contributed by atoms with Crippen LogP contribution in [-0.4, -0.2) is 52.8 Å². The zero-order valence-corrected chi connectivity index (χ0v) is 18.7. The number of aromatic nitrogens is 2. The van der Waals surface area contributed by atoms with Crippen LogP contribution in [0.15, 0.2) is 60.7 Å². The highest BCUT2D eigenvalue weighted by Crippen LogP contribution is 2.42. The number of phenols is 1. The Hall–Kier alpha value is -3.91. The molecule has 7 nitrogen and oxygen atoms in total. The summed E-state index contributed by atoms with van der Waals surface area (Å²) in [7, 11) is 0. The fourth-order valence-electron chi connectivity index (χ4n) is 4.05. The lowest BCUT2D eigenvalue weighted by Gasteiger charge is -2.33. The molecule has 0 radical (unpaired) electrons. The van der Waals surface area contributed by atoms with Crippen molar-refractivity contribution in [2.45, 2.75) is 0 Å². The molecule has 0 spiro atoms. The number of piperazine rings is 1. The van der Waals surface area contributed by atoms with Crippen LogP contribution in [-0.2, 0) is 4.79 Å². The Kier molecular flexibility index (Phi) is 5.90. The highest BCUT2D eigenvalue weighted by molar-refractivity contribution is 6.34. The van der Waals surface area contributed by atoms with E-state index in [2.05, 4.69) is 10.2 Å². The minimum absolute atomic E-state index is 0.00183. The Morgan fingerprint density at radius 3 is 2.44 bits per heavy atom. The van der Waals surface area contributed by atoms with Crippen molar-refractivity contribution in [2.24, 2.45) is 0 Å². The molecule has 1 aliphatic heterocycles. The number of para-hydroxylation sites is 1. The molecule has 0 atom stereocenters. The zero-order chi connectivity index (χ0) is 23.7. The minimum atomic E-state index is -0.598. The van der Waals surface area contributed by atoms with Gasteiger partial charge in [0.1, 0.15) is 17.3 Å². The summed E-state index contributed by atoms with van der Waals surface area (Å²) in [5, 5.41) is 20.6. The third kappa shape index (κ3) is 4.08. The van der Waals surface area contributed by atoms with E-state index >= 15 is 0 Å². The quantitative estimate of drug-likeness (QED) is 0.412. The third-order valence-electron chi connectivity index (χ3n) is 5.80. The van der Waals surface area contributed by atoms with Crippen LogP contribution in [0.25, 0.3) is 21.9 Å². The van der Waals surface area contributed by atoms with Gasteiger partial charge in [-0.1, -0.05) is 35.9 Å². The Balaban J connectivity index is 1.68. The molecule has 172 valence electrons. The van der Waals surface area contributed by atoms with E-state index in [1.165, 1.54) is 18.2 Å². The zero-order valence-electron chi connectivity index (χ0n) is 18.0. The molecule has 0 saturated carbocycles. The van der Waals surface area contributed by atoms with E-state index in [-0.39, 0.29) is 22.2 Å². The van der Waals surface area contributed by atoms with Crippen molar-refractivity contribution in [1.29, 1.82) is 0 Å². The number of hydrogen-bond donors (Lipinski definition) is 1. The highest BCUT2D eigenvalue weighted by Gasteiger charge is 2.23. The first-order valence-corrected chi connectivity index (χ1v) is 11.1. The Morgan fingerprint density at radius 2 is 1.74 bits per heavy atom. The van der Waals surface area contributed by atoms with Gasteiger partial charge < -0.3 is 19.6 Å². The van der Waals surface area contributed by atoms with Gasteiger partial charge in [0, 0.05) is 42.2 Å². The van der Waals surface area contributed by atoms with E-state index in [0.717, 1.165) is 6.41 Å². The summed E-state index contributed by atoms with van der Waals surface area (Å²) in [5.74, 6) is 0.561. The SMILES string of the molecule is O=CN1CCN(c2nnc(Oc3ccccc3)c3cc(-c4c(O)cccc4F)c(Cl)cc23)CC1. The van der Waals surface area contributed by atoms with Gasteiger partial charge >= 0.3 is 0 Å². The van der Waals surface area contributed by atoms with Gasteiger partial charge in [0.2, 0.25) is 12.3 Å². The van der Waals surface area contributed by atoms with Crippen LogP contribution in [0.4, 0.5) is 10.2 Å². The molecule has 3 aromatic carbocycles. The summed E-state index contributed by atoms with van der Waals surface area (Å²) < 4.78 is 20.7. The van der Waals surface area contributed by atoms with Gasteiger partial charge in [-0.2, -0.15) is 0 Å². The number of nitrogens with zero attached hydrogens (tertiary/aromatic N) is 4. The molecule has 34 heavy (non-hydrogen) atoms. The van der Waals surface area contributed by atoms with Gasteiger partial charge in [0.25, 0.3) is 0 Å². The fourth-order valence-corrected chi connectivity index (χ4v) is 4.31. The predicted molar refractivity (Wildman–Crippen MR) is 128 cm³/mol. The number of anilines is 1. The second-order valence-corrected chi connectivity index (χ2v) is 8.29. The number of aromatic hydroxyl groups is 1. The first-order chi connectivity index (χ1) is 16.5. The second kappa shape index (κ2) is 9.15. The van der Waals surface area contributed by atoms with E-state index < -0.39 is 5.82 Å². The minimum Gasteiger partial charge on any atom is -0.507 e. The average molecular weight is 479 g/mol. The Labute approximate surface area is 200 Å². The van der Waals surface area contributed by atoms with Gasteiger partial charge in [-0.3, -0.25) is 4.79 Å². The van der Waals surface area contributed by atoms with Crippen molar-refractivity contribution >= 4 is 34.6 Å². The van der Waals surface area contributed by atoms with Crippen molar-refractivity contribution in [2.75, 3.05) is 31.1 Å². The number of rotatable bonds is 5. The molecular weight excluding hydrogens is 459 g/mol. The average Bonchev–Trinajstić information content (AvgIpc) is 2.85. The first-order valence-electron chi connectivity index (χ1n) is 10.7. The lowest BCUT2D eigenvalue weighted by Crippen LogP contribution is -2.46. The summed E-state index contributed by atoms with van der Waals surface area (Å²) in [6.07, 6.45) is 0.835. The van der Waals surface area contributed by atoms with Crippen LogP contribution in [0.5, 0.6) is 17.4 Å². The molecule has 1 aliphatic rings. The highest BCUT2D eigenvalue weighted by atomic mass is 35.5. The number of hydrogen-bond acceptors (Lipinski definition) is 6. The molecule has 0 aliphatic carbocycles. The second-order valence-electron chi connectivity index (χ2n) is 7.88. The largest absolute Gasteiger partial charge is 0.507 e. The maximum absolute atomic E-state index is 14.7. The van der Waals surface area contributed by atoms with Crippen molar-refractivity contribution in [1.82, 2.24) is 15.1 Å². The predicted octanol–water partition coefficient (Wildman–Crippen LogP) is 4.87. The smallest absolute Gasteiger partial charge is 0.246 e. The van der Waals surface area contributed by atoms with Crippen molar-refractivity contribution in [3.63, 3.8) is 0 Å². The van der Waals surface area contributed by atoms with E-state index in [9.17, 15) is 14.3 Å². The van der Waals surface area contributed by atoms with E-state index in [0.29, 0.717) is 54.1 Å². The molecule has 0 bridgehead atoms. The van der Waals surface area contributed by atoms with Crippen LogP contribution >= 0.6 is 11.6 Å². The van der Waals surface area contributed by atoms with Crippen LogP contribution in [0.1, 0.15) is 0 Å². The molecule has 1 amide bonds. The van der Waals surface area contributed by atoms with Gasteiger partial charge in [-0.05, 0) is 36.4 Å². The molecule has 2 heterocycles.